The number of aromatic nitrogens is 2. The number of likely N-dealkylation sites (tertiary alicyclic amines) is 1. The number of hydrogen-bond donors (Lipinski definition) is 1. The van der Waals surface area contributed by atoms with E-state index in [0.717, 1.165) is 43.0 Å². The summed E-state index contributed by atoms with van der Waals surface area (Å²) in [6, 6.07) is 8.22. The standard InChI is InChI=1S/C16H20N4O/c1-13-17-8-11-20(13)15-6-4-14(5-7-15)12-18-16(21)19-9-2-3-10-19/h4-8,11H,2-3,9-10,12H2,1H3,(H,18,21). The monoisotopic (exact) mass is 284 g/mol. The molecule has 0 bridgehead atoms. The van der Waals surface area contributed by atoms with E-state index in [4.69, 9.17) is 0 Å². The van der Waals surface area contributed by atoms with E-state index in [-0.39, 0.29) is 6.03 Å². The number of imidazole rings is 1. The van der Waals surface area contributed by atoms with Crippen molar-refractivity contribution in [3.8, 4) is 5.69 Å². The van der Waals surface area contributed by atoms with Crippen LogP contribution >= 0.6 is 0 Å². The lowest BCUT2D eigenvalue weighted by Gasteiger charge is -2.16. The first-order valence-corrected chi connectivity index (χ1v) is 7.36. The van der Waals surface area contributed by atoms with Gasteiger partial charge in [-0.05, 0) is 37.5 Å². The molecule has 1 fully saturated rings. The zero-order valence-corrected chi connectivity index (χ0v) is 12.2. The van der Waals surface area contributed by atoms with Crippen molar-refractivity contribution in [2.24, 2.45) is 0 Å². The summed E-state index contributed by atoms with van der Waals surface area (Å²) in [5.74, 6) is 0.963. The second kappa shape index (κ2) is 5.99. The molecule has 2 amide bonds. The van der Waals surface area contributed by atoms with Crippen LogP contribution < -0.4 is 5.32 Å². The van der Waals surface area contributed by atoms with Crippen LogP contribution in [0.2, 0.25) is 0 Å². The maximum Gasteiger partial charge on any atom is 0.317 e. The van der Waals surface area contributed by atoms with Crippen LogP contribution in [0.15, 0.2) is 36.7 Å². The smallest absolute Gasteiger partial charge is 0.317 e. The molecule has 1 aliphatic heterocycles. The zero-order valence-electron chi connectivity index (χ0n) is 12.2. The van der Waals surface area contributed by atoms with E-state index < -0.39 is 0 Å². The molecule has 1 N–H and O–H groups in total. The second-order valence-corrected chi connectivity index (χ2v) is 5.36. The molecule has 1 saturated heterocycles. The van der Waals surface area contributed by atoms with Crippen molar-refractivity contribution in [1.29, 1.82) is 0 Å². The van der Waals surface area contributed by atoms with E-state index in [1.165, 1.54) is 0 Å². The SMILES string of the molecule is Cc1nccn1-c1ccc(CNC(=O)N2CCCC2)cc1. The largest absolute Gasteiger partial charge is 0.334 e. The molecular formula is C16H20N4O. The summed E-state index contributed by atoms with van der Waals surface area (Å²) in [5.41, 5.74) is 2.18. The highest BCUT2D eigenvalue weighted by Gasteiger charge is 2.16. The quantitative estimate of drug-likeness (QED) is 0.941. The van der Waals surface area contributed by atoms with Crippen LogP contribution in [0.3, 0.4) is 0 Å². The van der Waals surface area contributed by atoms with Crippen LogP contribution in [-0.2, 0) is 6.54 Å². The lowest BCUT2D eigenvalue weighted by Crippen LogP contribution is -2.37. The minimum absolute atomic E-state index is 0.0435. The van der Waals surface area contributed by atoms with Crippen molar-refractivity contribution in [3.05, 3.63) is 48.0 Å². The molecule has 21 heavy (non-hydrogen) atoms. The van der Waals surface area contributed by atoms with Crippen LogP contribution in [0.5, 0.6) is 0 Å². The van der Waals surface area contributed by atoms with Crippen molar-refractivity contribution >= 4 is 6.03 Å². The number of nitrogens with one attached hydrogen (secondary N) is 1. The molecule has 1 aromatic carbocycles. The number of urea groups is 1. The minimum atomic E-state index is 0.0435. The molecule has 1 aliphatic rings. The lowest BCUT2D eigenvalue weighted by molar-refractivity contribution is 0.208. The van der Waals surface area contributed by atoms with Crippen molar-refractivity contribution in [2.75, 3.05) is 13.1 Å². The van der Waals surface area contributed by atoms with Gasteiger partial charge in [0.05, 0.1) is 0 Å². The second-order valence-electron chi connectivity index (χ2n) is 5.36. The number of amides is 2. The Morgan fingerprint density at radius 1 is 1.24 bits per heavy atom. The number of carbonyl (C=O) groups excluding carboxylic acids is 1. The summed E-state index contributed by atoms with van der Waals surface area (Å²) in [6.45, 7) is 4.30. The van der Waals surface area contributed by atoms with Gasteiger partial charge in [0, 0.05) is 37.7 Å². The highest BCUT2D eigenvalue weighted by atomic mass is 16.2. The maximum absolute atomic E-state index is 11.9. The molecule has 2 aromatic rings. The van der Waals surface area contributed by atoms with Crippen LogP contribution in [0.4, 0.5) is 4.79 Å². The fraction of sp³-hybridized carbons (Fsp3) is 0.375. The van der Waals surface area contributed by atoms with Gasteiger partial charge < -0.3 is 14.8 Å². The normalized spacial score (nSPS) is 14.4. The first-order chi connectivity index (χ1) is 10.2. The van der Waals surface area contributed by atoms with Gasteiger partial charge in [-0.15, -0.1) is 0 Å². The first-order valence-electron chi connectivity index (χ1n) is 7.36. The third-order valence-electron chi connectivity index (χ3n) is 3.88. The summed E-state index contributed by atoms with van der Waals surface area (Å²) in [4.78, 5) is 18.0. The first kappa shape index (κ1) is 13.7. The highest BCUT2D eigenvalue weighted by molar-refractivity contribution is 5.74. The van der Waals surface area contributed by atoms with Gasteiger partial charge in [-0.1, -0.05) is 12.1 Å². The summed E-state index contributed by atoms with van der Waals surface area (Å²) < 4.78 is 2.03. The summed E-state index contributed by atoms with van der Waals surface area (Å²) in [6.07, 6.45) is 5.97. The van der Waals surface area contributed by atoms with Crippen LogP contribution in [0.25, 0.3) is 5.69 Å². The summed E-state index contributed by atoms with van der Waals surface area (Å²) in [5, 5.41) is 2.97. The Morgan fingerprint density at radius 2 is 1.95 bits per heavy atom. The molecule has 5 nitrogen and oxygen atoms in total. The van der Waals surface area contributed by atoms with Crippen LogP contribution in [0, 0.1) is 6.92 Å². The van der Waals surface area contributed by atoms with E-state index in [1.807, 2.05) is 46.9 Å². The van der Waals surface area contributed by atoms with Gasteiger partial charge in [0.1, 0.15) is 5.82 Å². The van der Waals surface area contributed by atoms with Crippen molar-refractivity contribution in [3.63, 3.8) is 0 Å². The molecule has 0 spiro atoms. The Bertz CT molecular complexity index is 611. The number of hydrogen-bond acceptors (Lipinski definition) is 2. The summed E-state index contributed by atoms with van der Waals surface area (Å²) >= 11 is 0. The van der Waals surface area contributed by atoms with Gasteiger partial charge in [0.15, 0.2) is 0 Å². The number of aryl methyl sites for hydroxylation is 1. The van der Waals surface area contributed by atoms with E-state index in [2.05, 4.69) is 10.3 Å². The molecule has 0 saturated carbocycles. The Balaban J connectivity index is 1.60. The van der Waals surface area contributed by atoms with Crippen molar-refractivity contribution < 1.29 is 4.79 Å². The fourth-order valence-electron chi connectivity index (χ4n) is 2.63. The molecule has 110 valence electrons. The Labute approximate surface area is 124 Å². The molecule has 3 rings (SSSR count). The summed E-state index contributed by atoms with van der Waals surface area (Å²) in [7, 11) is 0. The maximum atomic E-state index is 11.9. The number of rotatable bonds is 3. The predicted molar refractivity (Wildman–Crippen MR) is 81.3 cm³/mol. The number of carbonyl (C=O) groups is 1. The zero-order chi connectivity index (χ0) is 14.7. The molecule has 2 heterocycles. The Kier molecular flexibility index (Phi) is 3.90. The van der Waals surface area contributed by atoms with Crippen LogP contribution in [0.1, 0.15) is 24.2 Å². The Morgan fingerprint density at radius 3 is 2.57 bits per heavy atom. The molecule has 0 unspecified atom stereocenters. The van der Waals surface area contributed by atoms with Gasteiger partial charge in [-0.2, -0.15) is 0 Å². The van der Waals surface area contributed by atoms with E-state index >= 15 is 0 Å². The van der Waals surface area contributed by atoms with E-state index in [1.54, 1.807) is 6.20 Å². The van der Waals surface area contributed by atoms with Gasteiger partial charge in [0.25, 0.3) is 0 Å². The highest BCUT2D eigenvalue weighted by Crippen LogP contribution is 2.12. The van der Waals surface area contributed by atoms with Crippen molar-refractivity contribution in [1.82, 2.24) is 19.8 Å². The molecule has 0 atom stereocenters. The van der Waals surface area contributed by atoms with E-state index in [9.17, 15) is 4.79 Å². The molecule has 0 aliphatic carbocycles. The molecule has 5 heteroatoms. The molecular weight excluding hydrogens is 264 g/mol. The third kappa shape index (κ3) is 3.07. The fourth-order valence-corrected chi connectivity index (χ4v) is 2.63. The Hall–Kier alpha value is -2.30. The third-order valence-corrected chi connectivity index (χ3v) is 3.88. The average Bonchev–Trinajstić information content (AvgIpc) is 3.17. The molecule has 0 radical (unpaired) electrons. The van der Waals surface area contributed by atoms with Crippen molar-refractivity contribution in [2.45, 2.75) is 26.3 Å². The predicted octanol–water partition coefficient (Wildman–Crippen LogP) is 2.49. The van der Waals surface area contributed by atoms with Crippen LogP contribution in [-0.4, -0.2) is 33.6 Å². The van der Waals surface area contributed by atoms with Gasteiger partial charge in [-0.25, -0.2) is 9.78 Å². The number of nitrogens with zero attached hydrogens (tertiary/aromatic N) is 3. The topological polar surface area (TPSA) is 50.2 Å². The average molecular weight is 284 g/mol. The van der Waals surface area contributed by atoms with E-state index in [0.29, 0.717) is 6.54 Å². The lowest BCUT2D eigenvalue weighted by atomic mass is 10.2. The van der Waals surface area contributed by atoms with Gasteiger partial charge in [-0.3, -0.25) is 0 Å². The van der Waals surface area contributed by atoms with Gasteiger partial charge in [0.2, 0.25) is 0 Å². The number of benzene rings is 1. The van der Waals surface area contributed by atoms with Gasteiger partial charge >= 0.3 is 6.03 Å². The molecule has 1 aromatic heterocycles. The minimum Gasteiger partial charge on any atom is -0.334 e.